The molecule has 0 radical (unpaired) electrons. The average Bonchev–Trinajstić information content (AvgIpc) is 2.96. The van der Waals surface area contributed by atoms with E-state index < -0.39 is 6.10 Å². The van der Waals surface area contributed by atoms with Gasteiger partial charge in [0.05, 0.1) is 6.10 Å². The second-order valence-corrected chi connectivity index (χ2v) is 8.06. The number of hydrogen-bond donors (Lipinski definition) is 1. The molecule has 1 aromatic rings. The highest BCUT2D eigenvalue weighted by atomic mass is 16.5. The van der Waals surface area contributed by atoms with Gasteiger partial charge in [-0.25, -0.2) is 0 Å². The molecule has 3 nitrogen and oxygen atoms in total. The molecule has 0 aromatic heterocycles. The van der Waals surface area contributed by atoms with Crippen molar-refractivity contribution in [3.05, 3.63) is 60.2 Å². The van der Waals surface area contributed by atoms with Gasteiger partial charge >= 0.3 is 5.97 Å². The third kappa shape index (κ3) is 5.80. The van der Waals surface area contributed by atoms with Crippen LogP contribution in [0.1, 0.15) is 51.0 Å². The number of hydrogen-bond acceptors (Lipinski definition) is 3. The van der Waals surface area contributed by atoms with Crippen molar-refractivity contribution in [1.29, 1.82) is 0 Å². The Morgan fingerprint density at radius 3 is 2.89 bits per heavy atom. The van der Waals surface area contributed by atoms with Gasteiger partial charge < -0.3 is 9.84 Å². The van der Waals surface area contributed by atoms with Crippen LogP contribution in [0.3, 0.4) is 0 Å². The minimum atomic E-state index is -0.436. The van der Waals surface area contributed by atoms with Crippen LogP contribution in [0.15, 0.2) is 54.6 Å². The zero-order chi connectivity index (χ0) is 19.1. The number of aliphatic hydroxyl groups excluding tert-OH is 1. The minimum Gasteiger partial charge on any atom is -0.462 e. The number of allylic oxidation sites excluding steroid dienone is 3. The Hall–Kier alpha value is -1.87. The molecule has 1 aromatic carbocycles. The fraction of sp³-hybridized carbons (Fsp3) is 0.542. The van der Waals surface area contributed by atoms with Crippen LogP contribution in [0.5, 0.6) is 0 Å². The van der Waals surface area contributed by atoms with Crippen LogP contribution in [-0.2, 0) is 16.0 Å². The molecule has 1 aliphatic heterocycles. The van der Waals surface area contributed by atoms with Crippen LogP contribution in [0.4, 0.5) is 0 Å². The molecule has 1 fully saturated rings. The molecule has 0 spiro atoms. The van der Waals surface area contributed by atoms with E-state index in [2.05, 4.69) is 37.3 Å². The molecule has 1 heterocycles. The van der Waals surface area contributed by atoms with E-state index in [4.69, 9.17) is 4.74 Å². The monoisotopic (exact) mass is 368 g/mol. The first kappa shape index (κ1) is 19.9. The highest BCUT2D eigenvalue weighted by molar-refractivity contribution is 5.69. The molecule has 3 heteroatoms. The summed E-state index contributed by atoms with van der Waals surface area (Å²) in [5.74, 6) is 1.06. The number of rotatable bonds is 5. The summed E-state index contributed by atoms with van der Waals surface area (Å²) in [7, 11) is 0. The number of aliphatic hydroxyl groups is 1. The molecule has 5 atom stereocenters. The number of carbonyl (C=O) groups is 1. The highest BCUT2D eigenvalue weighted by Crippen LogP contribution is 2.42. The summed E-state index contributed by atoms with van der Waals surface area (Å²) in [5.41, 5.74) is 1.25. The molecule has 2 aliphatic rings. The molecular weight excluding hydrogens is 336 g/mol. The SMILES string of the molecule is C[C@@H]1C[C@@H]2OC(=O)CCC/C=C\C[C@@H]2[C@H]1/C=C/[C@@H](O)CCc1ccccc1. The van der Waals surface area contributed by atoms with Gasteiger partial charge in [0.1, 0.15) is 6.10 Å². The van der Waals surface area contributed by atoms with Crippen molar-refractivity contribution < 1.29 is 14.6 Å². The maximum Gasteiger partial charge on any atom is 0.306 e. The van der Waals surface area contributed by atoms with Gasteiger partial charge in [-0.1, -0.05) is 61.6 Å². The predicted molar refractivity (Wildman–Crippen MR) is 108 cm³/mol. The van der Waals surface area contributed by atoms with Crippen molar-refractivity contribution in [2.75, 3.05) is 0 Å². The van der Waals surface area contributed by atoms with Gasteiger partial charge in [0.2, 0.25) is 0 Å². The van der Waals surface area contributed by atoms with Crippen molar-refractivity contribution in [1.82, 2.24) is 0 Å². The van der Waals surface area contributed by atoms with E-state index in [0.717, 1.165) is 38.5 Å². The van der Waals surface area contributed by atoms with Crippen LogP contribution in [0.25, 0.3) is 0 Å². The molecule has 0 amide bonds. The molecule has 1 N–H and O–H groups in total. The molecule has 0 saturated heterocycles. The first-order valence-corrected chi connectivity index (χ1v) is 10.4. The molecule has 0 bridgehead atoms. The quantitative estimate of drug-likeness (QED) is 0.597. The van der Waals surface area contributed by atoms with Crippen molar-refractivity contribution in [2.24, 2.45) is 17.8 Å². The van der Waals surface area contributed by atoms with Gasteiger partial charge in [-0.3, -0.25) is 4.79 Å². The fourth-order valence-corrected chi connectivity index (χ4v) is 4.42. The van der Waals surface area contributed by atoms with Crippen LogP contribution in [-0.4, -0.2) is 23.3 Å². The maximum atomic E-state index is 12.0. The fourth-order valence-electron chi connectivity index (χ4n) is 4.42. The highest BCUT2D eigenvalue weighted by Gasteiger charge is 2.41. The van der Waals surface area contributed by atoms with Gasteiger partial charge in [-0.15, -0.1) is 0 Å². The van der Waals surface area contributed by atoms with E-state index in [1.807, 2.05) is 24.3 Å². The Morgan fingerprint density at radius 2 is 2.07 bits per heavy atom. The van der Waals surface area contributed by atoms with Crippen LogP contribution >= 0.6 is 0 Å². The predicted octanol–water partition coefficient (Wildman–Crippen LogP) is 4.85. The largest absolute Gasteiger partial charge is 0.462 e. The van der Waals surface area contributed by atoms with Gasteiger partial charge in [0, 0.05) is 12.3 Å². The number of carbonyl (C=O) groups excluding carboxylic acids is 1. The number of benzene rings is 1. The van der Waals surface area contributed by atoms with Gasteiger partial charge in [0.25, 0.3) is 0 Å². The zero-order valence-corrected chi connectivity index (χ0v) is 16.3. The Bertz CT molecular complexity index is 649. The first-order chi connectivity index (χ1) is 13.1. The number of aryl methyl sites for hydroxylation is 1. The Morgan fingerprint density at radius 1 is 1.26 bits per heavy atom. The van der Waals surface area contributed by atoms with E-state index >= 15 is 0 Å². The molecule has 3 rings (SSSR count). The molecule has 146 valence electrons. The molecule has 1 saturated carbocycles. The maximum absolute atomic E-state index is 12.0. The van der Waals surface area contributed by atoms with Gasteiger partial charge in [0.15, 0.2) is 0 Å². The lowest BCUT2D eigenvalue weighted by Crippen LogP contribution is -2.25. The Labute approximate surface area is 163 Å². The molecule has 0 unspecified atom stereocenters. The van der Waals surface area contributed by atoms with Crippen molar-refractivity contribution in [3.8, 4) is 0 Å². The number of esters is 1. The standard InChI is InChI=1S/C24H32O3/c1-18-17-23-22(11-7-2-3-8-12-24(26)27-23)21(18)16-15-20(25)14-13-19-9-5-4-6-10-19/h2,4-7,9-10,15-16,18,20-23,25H,3,8,11-14,17H2,1H3/b7-2-,16-15+/t18-,20+,21+,22-,23+/m1/s1. The Balaban J connectivity index is 1.60. The van der Waals surface area contributed by atoms with Crippen LogP contribution in [0.2, 0.25) is 0 Å². The van der Waals surface area contributed by atoms with E-state index in [0.29, 0.717) is 24.2 Å². The van der Waals surface area contributed by atoms with E-state index in [1.165, 1.54) is 5.56 Å². The lowest BCUT2D eigenvalue weighted by Gasteiger charge is -2.24. The van der Waals surface area contributed by atoms with Crippen LogP contribution in [0, 0.1) is 17.8 Å². The van der Waals surface area contributed by atoms with Crippen LogP contribution < -0.4 is 0 Å². The van der Waals surface area contributed by atoms with Crippen molar-refractivity contribution >= 4 is 5.97 Å². The number of fused-ring (bicyclic) bond motifs is 1. The smallest absolute Gasteiger partial charge is 0.306 e. The summed E-state index contributed by atoms with van der Waals surface area (Å²) in [5, 5.41) is 10.4. The van der Waals surface area contributed by atoms with Gasteiger partial charge in [-0.2, -0.15) is 0 Å². The molecule has 27 heavy (non-hydrogen) atoms. The number of ether oxygens (including phenoxy) is 1. The Kier molecular flexibility index (Phi) is 7.28. The lowest BCUT2D eigenvalue weighted by atomic mass is 9.86. The summed E-state index contributed by atoms with van der Waals surface area (Å²) in [4.78, 5) is 12.0. The minimum absolute atomic E-state index is 0.00589. The summed E-state index contributed by atoms with van der Waals surface area (Å²) in [6.45, 7) is 2.23. The van der Waals surface area contributed by atoms with Crippen molar-refractivity contribution in [2.45, 2.75) is 64.1 Å². The lowest BCUT2D eigenvalue weighted by molar-refractivity contribution is -0.151. The third-order valence-corrected chi connectivity index (χ3v) is 5.97. The van der Waals surface area contributed by atoms with E-state index in [-0.39, 0.29) is 12.1 Å². The second-order valence-electron chi connectivity index (χ2n) is 8.06. The second kappa shape index (κ2) is 9.89. The molecular formula is C24H32O3. The van der Waals surface area contributed by atoms with Gasteiger partial charge in [-0.05, 0) is 55.9 Å². The van der Waals surface area contributed by atoms with Crippen molar-refractivity contribution in [3.63, 3.8) is 0 Å². The topological polar surface area (TPSA) is 46.5 Å². The summed E-state index contributed by atoms with van der Waals surface area (Å²) < 4.78 is 5.79. The molecule has 1 aliphatic carbocycles. The normalized spacial score (nSPS) is 31.3. The summed E-state index contributed by atoms with van der Waals surface area (Å²) >= 11 is 0. The first-order valence-electron chi connectivity index (χ1n) is 10.4. The van der Waals surface area contributed by atoms with E-state index in [1.54, 1.807) is 0 Å². The van der Waals surface area contributed by atoms with E-state index in [9.17, 15) is 9.90 Å². The average molecular weight is 369 g/mol. The summed E-state index contributed by atoms with van der Waals surface area (Å²) in [6.07, 6.45) is 14.0. The zero-order valence-electron chi connectivity index (χ0n) is 16.3. The third-order valence-electron chi connectivity index (χ3n) is 5.97. The summed E-state index contributed by atoms with van der Waals surface area (Å²) in [6, 6.07) is 10.3.